The van der Waals surface area contributed by atoms with E-state index in [1.165, 1.54) is 20.3 Å². The normalized spacial score (nSPS) is 10.2. The van der Waals surface area contributed by atoms with Gasteiger partial charge < -0.3 is 19.9 Å². The van der Waals surface area contributed by atoms with Crippen molar-refractivity contribution < 1.29 is 14.2 Å². The third-order valence-corrected chi connectivity index (χ3v) is 2.80. The maximum Gasteiger partial charge on any atom is 0.287 e. The summed E-state index contributed by atoms with van der Waals surface area (Å²) in [4.78, 5) is 11.3. The molecule has 0 aliphatic rings. The number of benzene rings is 1. The van der Waals surface area contributed by atoms with Gasteiger partial charge in [-0.3, -0.25) is 4.79 Å². The van der Waals surface area contributed by atoms with Gasteiger partial charge >= 0.3 is 0 Å². The first-order valence-electron chi connectivity index (χ1n) is 5.76. The van der Waals surface area contributed by atoms with E-state index in [1.807, 2.05) is 0 Å². The molecule has 0 saturated carbocycles. The maximum absolute atomic E-state index is 11.3. The van der Waals surface area contributed by atoms with E-state index in [-0.39, 0.29) is 5.69 Å². The first kappa shape index (κ1) is 13.7. The Kier molecular flexibility index (Phi) is 3.79. The van der Waals surface area contributed by atoms with Crippen molar-refractivity contribution in [3.05, 3.63) is 28.6 Å². The second-order valence-electron chi connectivity index (χ2n) is 3.94. The molecule has 0 spiro atoms. The molecule has 1 heterocycles. The van der Waals surface area contributed by atoms with Gasteiger partial charge in [0.1, 0.15) is 28.6 Å². The van der Waals surface area contributed by atoms with Crippen LogP contribution in [0.4, 0.5) is 5.69 Å². The highest BCUT2D eigenvalue weighted by atomic mass is 16.5. The second kappa shape index (κ2) is 5.52. The summed E-state index contributed by atoms with van der Waals surface area (Å²) < 4.78 is 15.8. The number of nitrogens with two attached hydrogens (primary N) is 1. The molecule has 1 aromatic carbocycles. The molecule has 0 aliphatic heterocycles. The molecule has 2 rings (SSSR count). The van der Waals surface area contributed by atoms with Crippen LogP contribution >= 0.6 is 0 Å². The fourth-order valence-corrected chi connectivity index (χ4v) is 1.81. The van der Waals surface area contributed by atoms with E-state index in [9.17, 15) is 4.79 Å². The predicted molar refractivity (Wildman–Crippen MR) is 74.4 cm³/mol. The van der Waals surface area contributed by atoms with E-state index < -0.39 is 5.56 Å². The van der Waals surface area contributed by atoms with Crippen molar-refractivity contribution in [3.63, 3.8) is 0 Å². The SMILES string of the molecule is COc1cc(OC)c(-c2cc(N)c(=O)[nH]n2)c(OC)c1. The van der Waals surface area contributed by atoms with Gasteiger partial charge in [-0.25, -0.2) is 5.10 Å². The highest BCUT2D eigenvalue weighted by Gasteiger charge is 2.17. The number of nitrogen functional groups attached to an aromatic ring is 1. The van der Waals surface area contributed by atoms with Crippen molar-refractivity contribution in [1.29, 1.82) is 0 Å². The monoisotopic (exact) mass is 277 g/mol. The minimum absolute atomic E-state index is 0.0647. The van der Waals surface area contributed by atoms with Gasteiger partial charge in [-0.2, -0.15) is 5.10 Å². The molecule has 0 aliphatic carbocycles. The Hall–Kier alpha value is -2.70. The fraction of sp³-hybridized carbons (Fsp3) is 0.231. The first-order valence-corrected chi connectivity index (χ1v) is 5.76. The van der Waals surface area contributed by atoms with Crippen LogP contribution in [0.5, 0.6) is 17.2 Å². The zero-order chi connectivity index (χ0) is 14.7. The quantitative estimate of drug-likeness (QED) is 0.866. The number of nitrogens with zero attached hydrogens (tertiary/aromatic N) is 1. The summed E-state index contributed by atoms with van der Waals surface area (Å²) >= 11 is 0. The summed E-state index contributed by atoms with van der Waals surface area (Å²) in [5.41, 5.74) is 6.25. The molecule has 0 fully saturated rings. The molecule has 0 unspecified atom stereocenters. The average molecular weight is 277 g/mol. The maximum atomic E-state index is 11.3. The molecular weight excluding hydrogens is 262 g/mol. The lowest BCUT2D eigenvalue weighted by molar-refractivity contribution is 0.377. The predicted octanol–water partition coefficient (Wildman–Crippen LogP) is 1.04. The zero-order valence-corrected chi connectivity index (χ0v) is 11.4. The molecule has 1 aromatic heterocycles. The molecule has 0 atom stereocenters. The summed E-state index contributed by atoms with van der Waals surface area (Å²) in [6, 6.07) is 4.85. The Balaban J connectivity index is 2.70. The molecule has 106 valence electrons. The smallest absolute Gasteiger partial charge is 0.287 e. The number of H-pyrrole nitrogens is 1. The minimum Gasteiger partial charge on any atom is -0.496 e. The van der Waals surface area contributed by atoms with Crippen LogP contribution in [0, 0.1) is 0 Å². The standard InChI is InChI=1S/C13H15N3O4/c1-18-7-4-10(19-2)12(11(5-7)20-3)9-6-8(14)13(17)16-15-9/h4-6H,1-3H3,(H2,14,15)(H,16,17). The summed E-state index contributed by atoms with van der Waals surface area (Å²) in [5, 5.41) is 6.29. The van der Waals surface area contributed by atoms with E-state index in [4.69, 9.17) is 19.9 Å². The van der Waals surface area contributed by atoms with E-state index in [0.717, 1.165) is 0 Å². The number of anilines is 1. The summed E-state index contributed by atoms with van der Waals surface area (Å²) in [6.07, 6.45) is 0. The molecule has 2 aromatic rings. The molecule has 0 saturated heterocycles. The number of nitrogens with one attached hydrogen (secondary N) is 1. The lowest BCUT2D eigenvalue weighted by Crippen LogP contribution is -2.13. The second-order valence-corrected chi connectivity index (χ2v) is 3.94. The van der Waals surface area contributed by atoms with Crippen LogP contribution in [0.25, 0.3) is 11.3 Å². The minimum atomic E-state index is -0.444. The third kappa shape index (κ3) is 2.37. The lowest BCUT2D eigenvalue weighted by Gasteiger charge is -2.14. The molecular formula is C13H15N3O4. The van der Waals surface area contributed by atoms with Crippen LogP contribution in [0.1, 0.15) is 0 Å². The molecule has 20 heavy (non-hydrogen) atoms. The van der Waals surface area contributed by atoms with Crippen molar-refractivity contribution in [2.45, 2.75) is 0 Å². The molecule has 0 amide bonds. The summed E-state index contributed by atoms with van der Waals surface area (Å²) in [7, 11) is 4.59. The Morgan fingerprint density at radius 1 is 1.05 bits per heavy atom. The third-order valence-electron chi connectivity index (χ3n) is 2.80. The van der Waals surface area contributed by atoms with Gasteiger partial charge in [0, 0.05) is 12.1 Å². The highest BCUT2D eigenvalue weighted by molar-refractivity contribution is 5.76. The molecule has 3 N–H and O–H groups in total. The van der Waals surface area contributed by atoms with E-state index in [0.29, 0.717) is 28.5 Å². The zero-order valence-electron chi connectivity index (χ0n) is 11.4. The van der Waals surface area contributed by atoms with Crippen molar-refractivity contribution >= 4 is 5.69 Å². The number of aromatic nitrogens is 2. The van der Waals surface area contributed by atoms with Crippen molar-refractivity contribution in [1.82, 2.24) is 10.2 Å². The van der Waals surface area contributed by atoms with Gasteiger partial charge in [0.25, 0.3) is 5.56 Å². The number of ether oxygens (including phenoxy) is 3. The van der Waals surface area contributed by atoms with Crippen LogP contribution < -0.4 is 25.5 Å². The Bertz CT molecular complexity index is 657. The van der Waals surface area contributed by atoms with E-state index >= 15 is 0 Å². The topological polar surface area (TPSA) is 99.5 Å². The molecule has 7 nitrogen and oxygen atoms in total. The number of hydrogen-bond donors (Lipinski definition) is 2. The van der Waals surface area contributed by atoms with Gasteiger partial charge in [-0.15, -0.1) is 0 Å². The number of hydrogen-bond acceptors (Lipinski definition) is 6. The largest absolute Gasteiger partial charge is 0.496 e. The van der Waals surface area contributed by atoms with Crippen LogP contribution in [-0.4, -0.2) is 31.5 Å². The van der Waals surface area contributed by atoms with Gasteiger partial charge in [0.15, 0.2) is 0 Å². The number of aromatic amines is 1. The molecule has 0 radical (unpaired) electrons. The van der Waals surface area contributed by atoms with Crippen LogP contribution in [0.15, 0.2) is 23.0 Å². The number of rotatable bonds is 4. The summed E-state index contributed by atoms with van der Waals surface area (Å²) in [6.45, 7) is 0. The highest BCUT2D eigenvalue weighted by Crippen LogP contribution is 2.40. The Morgan fingerprint density at radius 3 is 2.10 bits per heavy atom. The van der Waals surface area contributed by atoms with E-state index in [1.54, 1.807) is 19.2 Å². The van der Waals surface area contributed by atoms with Gasteiger partial charge in [-0.05, 0) is 6.07 Å². The Labute approximate surface area is 115 Å². The average Bonchev–Trinajstić information content (AvgIpc) is 2.48. The Morgan fingerprint density at radius 2 is 1.65 bits per heavy atom. The van der Waals surface area contributed by atoms with Gasteiger partial charge in [-0.1, -0.05) is 0 Å². The fourth-order valence-electron chi connectivity index (χ4n) is 1.81. The van der Waals surface area contributed by atoms with Crippen molar-refractivity contribution in [2.24, 2.45) is 0 Å². The van der Waals surface area contributed by atoms with E-state index in [2.05, 4.69) is 10.2 Å². The summed E-state index contributed by atoms with van der Waals surface area (Å²) in [5.74, 6) is 1.58. The lowest BCUT2D eigenvalue weighted by atomic mass is 10.1. The molecule has 7 heteroatoms. The van der Waals surface area contributed by atoms with Crippen LogP contribution in [0.3, 0.4) is 0 Å². The van der Waals surface area contributed by atoms with Gasteiger partial charge in [0.2, 0.25) is 0 Å². The van der Waals surface area contributed by atoms with Crippen LogP contribution in [0.2, 0.25) is 0 Å². The molecule has 0 bridgehead atoms. The number of methoxy groups -OCH3 is 3. The van der Waals surface area contributed by atoms with Crippen molar-refractivity contribution in [3.8, 4) is 28.5 Å². The van der Waals surface area contributed by atoms with Crippen molar-refractivity contribution in [2.75, 3.05) is 27.1 Å². The first-order chi connectivity index (χ1) is 9.60. The van der Waals surface area contributed by atoms with Gasteiger partial charge in [0.05, 0.1) is 26.9 Å². The van der Waals surface area contributed by atoms with Crippen LogP contribution in [-0.2, 0) is 0 Å².